The van der Waals surface area contributed by atoms with Gasteiger partial charge in [0.25, 0.3) is 0 Å². The van der Waals surface area contributed by atoms with Crippen LogP contribution in [0.25, 0.3) is 0 Å². The Balaban J connectivity index is 2.29. The number of hydrogen-bond acceptors (Lipinski definition) is 4. The van der Waals surface area contributed by atoms with Crippen LogP contribution in [0.2, 0.25) is 0 Å². The topological polar surface area (TPSA) is 79.9 Å². The molecule has 13 heavy (non-hydrogen) atoms. The molecule has 2 aromatic rings. The molecule has 0 amide bonds. The Morgan fingerprint density at radius 3 is 3.08 bits per heavy atom. The normalized spacial score (nSPS) is 13.0. The minimum Gasteiger partial charge on any atom is -0.472 e. The van der Waals surface area contributed by atoms with E-state index in [-0.39, 0.29) is 6.04 Å². The Hall–Kier alpha value is -1.59. The molecule has 0 saturated heterocycles. The highest BCUT2D eigenvalue weighted by molar-refractivity contribution is 5.19. The first-order valence-electron chi connectivity index (χ1n) is 3.89. The Kier molecular flexibility index (Phi) is 2.11. The van der Waals surface area contributed by atoms with Crippen molar-refractivity contribution in [2.45, 2.75) is 6.04 Å². The molecule has 0 radical (unpaired) electrons. The standard InChI is InChI=1S/C8H10N4O/c9-12-7(6-1-4-13-5-6)8-10-2-3-11-8/h1-5,7,12H,9H2,(H,10,11). The van der Waals surface area contributed by atoms with Crippen molar-refractivity contribution in [3.05, 3.63) is 42.4 Å². The molecular weight excluding hydrogens is 168 g/mol. The van der Waals surface area contributed by atoms with E-state index in [2.05, 4.69) is 15.4 Å². The summed E-state index contributed by atoms with van der Waals surface area (Å²) in [6.07, 6.45) is 6.66. The summed E-state index contributed by atoms with van der Waals surface area (Å²) >= 11 is 0. The molecular formula is C8H10N4O. The molecule has 2 rings (SSSR count). The lowest BCUT2D eigenvalue weighted by molar-refractivity contribution is 0.548. The number of imidazole rings is 1. The van der Waals surface area contributed by atoms with E-state index in [1.807, 2.05) is 6.07 Å². The predicted molar refractivity (Wildman–Crippen MR) is 46.5 cm³/mol. The second-order valence-electron chi connectivity index (χ2n) is 2.63. The SMILES string of the molecule is NNC(c1ccoc1)c1ncc[nH]1. The molecule has 0 fully saturated rings. The number of nitrogens with zero attached hydrogens (tertiary/aromatic N) is 1. The van der Waals surface area contributed by atoms with Crippen molar-refractivity contribution in [1.29, 1.82) is 0 Å². The summed E-state index contributed by atoms with van der Waals surface area (Å²) < 4.78 is 4.96. The molecule has 0 aromatic carbocycles. The fourth-order valence-corrected chi connectivity index (χ4v) is 1.21. The summed E-state index contributed by atoms with van der Waals surface area (Å²) in [5.41, 5.74) is 3.60. The quantitative estimate of drug-likeness (QED) is 0.473. The number of nitrogens with one attached hydrogen (secondary N) is 2. The number of nitrogens with two attached hydrogens (primary N) is 1. The van der Waals surface area contributed by atoms with Crippen molar-refractivity contribution in [3.8, 4) is 0 Å². The second kappa shape index (κ2) is 3.42. The van der Waals surface area contributed by atoms with Gasteiger partial charge in [-0.15, -0.1) is 0 Å². The van der Waals surface area contributed by atoms with Gasteiger partial charge < -0.3 is 9.40 Å². The van der Waals surface area contributed by atoms with Gasteiger partial charge in [-0.1, -0.05) is 0 Å². The van der Waals surface area contributed by atoms with Crippen LogP contribution in [0.4, 0.5) is 0 Å². The van der Waals surface area contributed by atoms with Crippen LogP contribution >= 0.6 is 0 Å². The molecule has 4 N–H and O–H groups in total. The number of hydrogen-bond donors (Lipinski definition) is 3. The minimum atomic E-state index is -0.145. The van der Waals surface area contributed by atoms with E-state index >= 15 is 0 Å². The van der Waals surface area contributed by atoms with Gasteiger partial charge in [0.15, 0.2) is 0 Å². The van der Waals surface area contributed by atoms with Crippen molar-refractivity contribution in [2.24, 2.45) is 5.84 Å². The maximum atomic E-state index is 5.40. The number of rotatable bonds is 3. The van der Waals surface area contributed by atoms with Crippen molar-refractivity contribution in [2.75, 3.05) is 0 Å². The Labute approximate surface area is 74.9 Å². The van der Waals surface area contributed by atoms with Crippen molar-refractivity contribution < 1.29 is 4.42 Å². The first-order valence-corrected chi connectivity index (χ1v) is 3.89. The first-order chi connectivity index (χ1) is 6.42. The van der Waals surface area contributed by atoms with Crippen LogP contribution in [0.5, 0.6) is 0 Å². The third kappa shape index (κ3) is 1.47. The van der Waals surface area contributed by atoms with Crippen molar-refractivity contribution in [1.82, 2.24) is 15.4 Å². The number of hydrazine groups is 1. The Morgan fingerprint density at radius 2 is 2.54 bits per heavy atom. The lowest BCUT2D eigenvalue weighted by atomic mass is 10.1. The molecule has 0 saturated carbocycles. The minimum absolute atomic E-state index is 0.145. The molecule has 1 unspecified atom stereocenters. The third-order valence-corrected chi connectivity index (χ3v) is 1.84. The van der Waals surface area contributed by atoms with Crippen molar-refractivity contribution >= 4 is 0 Å². The first kappa shape index (κ1) is 8.03. The van der Waals surface area contributed by atoms with Gasteiger partial charge in [0.2, 0.25) is 0 Å². The highest BCUT2D eigenvalue weighted by Gasteiger charge is 2.14. The van der Waals surface area contributed by atoms with Gasteiger partial charge in [0.1, 0.15) is 11.9 Å². The molecule has 0 aliphatic rings. The molecule has 5 nitrogen and oxygen atoms in total. The average molecular weight is 178 g/mol. The highest BCUT2D eigenvalue weighted by Crippen LogP contribution is 2.17. The largest absolute Gasteiger partial charge is 0.472 e. The zero-order valence-corrected chi connectivity index (χ0v) is 6.90. The summed E-state index contributed by atoms with van der Waals surface area (Å²) in [4.78, 5) is 7.08. The molecule has 68 valence electrons. The monoisotopic (exact) mass is 178 g/mol. The van der Waals surface area contributed by atoms with Gasteiger partial charge >= 0.3 is 0 Å². The highest BCUT2D eigenvalue weighted by atomic mass is 16.3. The lowest BCUT2D eigenvalue weighted by Gasteiger charge is -2.10. The van der Waals surface area contributed by atoms with E-state index in [1.54, 1.807) is 24.9 Å². The van der Waals surface area contributed by atoms with Crippen molar-refractivity contribution in [3.63, 3.8) is 0 Å². The number of furan rings is 1. The predicted octanol–water partition coefficient (Wildman–Crippen LogP) is 0.555. The molecule has 2 aromatic heterocycles. The average Bonchev–Trinajstić information content (AvgIpc) is 2.76. The van der Waals surface area contributed by atoms with Gasteiger partial charge in [0.05, 0.1) is 12.5 Å². The van der Waals surface area contributed by atoms with Crippen LogP contribution in [0, 0.1) is 0 Å². The van der Waals surface area contributed by atoms with Crippen LogP contribution in [-0.4, -0.2) is 9.97 Å². The third-order valence-electron chi connectivity index (χ3n) is 1.84. The lowest BCUT2D eigenvalue weighted by Crippen LogP contribution is -2.29. The summed E-state index contributed by atoms with van der Waals surface area (Å²) in [6.45, 7) is 0. The molecule has 5 heteroatoms. The van der Waals surface area contributed by atoms with E-state index < -0.39 is 0 Å². The maximum Gasteiger partial charge on any atom is 0.129 e. The van der Waals surface area contributed by atoms with E-state index in [4.69, 9.17) is 10.3 Å². The summed E-state index contributed by atoms with van der Waals surface area (Å²) in [6, 6.07) is 1.70. The molecule has 0 spiro atoms. The zero-order valence-electron chi connectivity index (χ0n) is 6.90. The fraction of sp³-hybridized carbons (Fsp3) is 0.125. The van der Waals surface area contributed by atoms with Gasteiger partial charge in [-0.25, -0.2) is 10.4 Å². The number of aromatic amines is 1. The van der Waals surface area contributed by atoms with Crippen LogP contribution in [-0.2, 0) is 0 Å². The van der Waals surface area contributed by atoms with E-state index in [0.717, 1.165) is 11.4 Å². The molecule has 0 bridgehead atoms. The Morgan fingerprint density at radius 1 is 1.62 bits per heavy atom. The van der Waals surface area contributed by atoms with E-state index in [1.165, 1.54) is 0 Å². The van der Waals surface area contributed by atoms with Gasteiger partial charge in [-0.3, -0.25) is 5.84 Å². The van der Waals surface area contributed by atoms with Gasteiger partial charge in [-0.2, -0.15) is 0 Å². The smallest absolute Gasteiger partial charge is 0.129 e. The number of aromatic nitrogens is 2. The van der Waals surface area contributed by atoms with Crippen LogP contribution < -0.4 is 11.3 Å². The van der Waals surface area contributed by atoms with Crippen LogP contribution in [0.15, 0.2) is 35.4 Å². The van der Waals surface area contributed by atoms with E-state index in [0.29, 0.717) is 0 Å². The van der Waals surface area contributed by atoms with Gasteiger partial charge in [0, 0.05) is 18.0 Å². The molecule has 2 heterocycles. The Bertz CT molecular complexity index is 306. The van der Waals surface area contributed by atoms with Crippen LogP contribution in [0.1, 0.15) is 17.4 Å². The maximum absolute atomic E-state index is 5.40. The zero-order chi connectivity index (χ0) is 9.10. The van der Waals surface area contributed by atoms with E-state index in [9.17, 15) is 0 Å². The molecule has 1 atom stereocenters. The summed E-state index contributed by atoms with van der Waals surface area (Å²) in [5.74, 6) is 6.17. The second-order valence-corrected chi connectivity index (χ2v) is 2.63. The molecule has 0 aliphatic carbocycles. The number of H-pyrrole nitrogens is 1. The molecule has 0 aliphatic heterocycles. The van der Waals surface area contributed by atoms with Gasteiger partial charge in [-0.05, 0) is 6.07 Å². The van der Waals surface area contributed by atoms with Crippen LogP contribution in [0.3, 0.4) is 0 Å². The summed E-state index contributed by atoms with van der Waals surface area (Å²) in [5, 5.41) is 0. The summed E-state index contributed by atoms with van der Waals surface area (Å²) in [7, 11) is 0. The fourth-order valence-electron chi connectivity index (χ4n) is 1.21.